The molecule has 1 saturated heterocycles. The summed E-state index contributed by atoms with van der Waals surface area (Å²) in [6.45, 7) is 1.01. The number of fused-ring (bicyclic) bond motifs is 1. The van der Waals surface area contributed by atoms with Crippen molar-refractivity contribution < 1.29 is 17.9 Å². The molecule has 2 aliphatic rings. The fourth-order valence-corrected chi connectivity index (χ4v) is 4.06. The van der Waals surface area contributed by atoms with E-state index >= 15 is 0 Å². The summed E-state index contributed by atoms with van der Waals surface area (Å²) in [5.74, 6) is -0.508. The highest BCUT2D eigenvalue weighted by Crippen LogP contribution is 2.29. The van der Waals surface area contributed by atoms with Crippen LogP contribution in [0, 0.1) is 0 Å². The largest absolute Gasteiger partial charge is 0.378 e. The van der Waals surface area contributed by atoms with E-state index in [4.69, 9.17) is 4.74 Å². The normalized spacial score (nSPS) is 21.3. The third-order valence-electron chi connectivity index (χ3n) is 3.81. The first kappa shape index (κ1) is 14.3. The average molecular weight is 310 g/mol. The Bertz CT molecular complexity index is 638. The lowest BCUT2D eigenvalue weighted by Crippen LogP contribution is -2.43. The van der Waals surface area contributed by atoms with Crippen molar-refractivity contribution >= 4 is 21.8 Å². The van der Waals surface area contributed by atoms with Gasteiger partial charge in [-0.2, -0.15) is 8.42 Å². The van der Waals surface area contributed by atoms with Crippen LogP contribution in [-0.2, 0) is 26.2 Å². The minimum Gasteiger partial charge on any atom is -0.378 e. The molecule has 7 heteroatoms. The van der Waals surface area contributed by atoms with Crippen molar-refractivity contribution in [3.8, 4) is 0 Å². The van der Waals surface area contributed by atoms with Crippen molar-refractivity contribution in [3.05, 3.63) is 29.8 Å². The van der Waals surface area contributed by atoms with Crippen molar-refractivity contribution in [2.75, 3.05) is 17.5 Å². The molecule has 6 nitrogen and oxygen atoms in total. The number of amides is 1. The van der Waals surface area contributed by atoms with Crippen LogP contribution in [0.1, 0.15) is 24.8 Å². The molecule has 3 rings (SSSR count). The van der Waals surface area contributed by atoms with Gasteiger partial charge >= 0.3 is 10.2 Å². The predicted molar refractivity (Wildman–Crippen MR) is 78.1 cm³/mol. The first-order valence-electron chi connectivity index (χ1n) is 7.09. The molecular weight excluding hydrogens is 292 g/mol. The molecule has 0 spiro atoms. The lowest BCUT2D eigenvalue weighted by Gasteiger charge is -2.20. The van der Waals surface area contributed by atoms with E-state index in [2.05, 4.69) is 4.72 Å². The van der Waals surface area contributed by atoms with E-state index < -0.39 is 16.1 Å². The van der Waals surface area contributed by atoms with Gasteiger partial charge in [0.15, 0.2) is 0 Å². The average Bonchev–Trinajstić information content (AvgIpc) is 3.06. The van der Waals surface area contributed by atoms with Gasteiger partial charge in [0.2, 0.25) is 5.91 Å². The van der Waals surface area contributed by atoms with Gasteiger partial charge in [0.05, 0.1) is 18.2 Å². The summed E-state index contributed by atoms with van der Waals surface area (Å²) in [6, 6.07) is 7.33. The Morgan fingerprint density at radius 2 is 2.19 bits per heavy atom. The summed E-state index contributed by atoms with van der Waals surface area (Å²) >= 11 is 0. The summed E-state index contributed by atoms with van der Waals surface area (Å²) in [5, 5.41) is 0. The Balaban J connectivity index is 1.68. The fraction of sp³-hybridized carbons (Fsp3) is 0.500. The van der Waals surface area contributed by atoms with E-state index in [0.717, 1.165) is 18.4 Å². The second-order valence-electron chi connectivity index (χ2n) is 5.32. The fourth-order valence-electron chi connectivity index (χ4n) is 2.81. The molecule has 1 aromatic carbocycles. The second-order valence-corrected chi connectivity index (χ2v) is 6.92. The van der Waals surface area contributed by atoms with Gasteiger partial charge in [0.25, 0.3) is 0 Å². The number of para-hydroxylation sites is 1. The Morgan fingerprint density at radius 3 is 2.95 bits per heavy atom. The SMILES string of the molecule is O=C(CC1CCCO1)NS(=O)(=O)N1CCc2ccccc21. The predicted octanol–water partition coefficient (Wildman–Crippen LogP) is 0.979. The van der Waals surface area contributed by atoms with Crippen LogP contribution < -0.4 is 9.03 Å². The van der Waals surface area contributed by atoms with Gasteiger partial charge in [-0.3, -0.25) is 9.10 Å². The number of rotatable bonds is 4. The maximum Gasteiger partial charge on any atom is 0.326 e. The topological polar surface area (TPSA) is 75.7 Å². The molecule has 0 radical (unpaired) electrons. The third-order valence-corrected chi connectivity index (χ3v) is 5.26. The van der Waals surface area contributed by atoms with Crippen LogP contribution in [0.25, 0.3) is 0 Å². The number of hydrogen-bond donors (Lipinski definition) is 1. The van der Waals surface area contributed by atoms with Crippen LogP contribution in [-0.4, -0.2) is 33.6 Å². The zero-order valence-corrected chi connectivity index (χ0v) is 12.4. The summed E-state index contributed by atoms with van der Waals surface area (Å²) < 4.78 is 33.4. The molecule has 114 valence electrons. The van der Waals surface area contributed by atoms with Crippen LogP contribution in [0.15, 0.2) is 24.3 Å². The van der Waals surface area contributed by atoms with Gasteiger partial charge in [-0.05, 0) is 30.9 Å². The monoisotopic (exact) mass is 310 g/mol. The lowest BCUT2D eigenvalue weighted by molar-refractivity contribution is -0.121. The molecule has 1 amide bonds. The van der Waals surface area contributed by atoms with E-state index in [9.17, 15) is 13.2 Å². The van der Waals surface area contributed by atoms with Crippen molar-refractivity contribution in [2.24, 2.45) is 0 Å². The molecule has 0 aromatic heterocycles. The van der Waals surface area contributed by atoms with Gasteiger partial charge in [0.1, 0.15) is 0 Å². The van der Waals surface area contributed by atoms with Gasteiger partial charge in [-0.1, -0.05) is 18.2 Å². The smallest absolute Gasteiger partial charge is 0.326 e. The maximum absolute atomic E-state index is 12.3. The van der Waals surface area contributed by atoms with Crippen molar-refractivity contribution in [2.45, 2.75) is 31.8 Å². The van der Waals surface area contributed by atoms with Gasteiger partial charge in [0, 0.05) is 13.2 Å². The Labute approximate surface area is 124 Å². The standard InChI is InChI=1S/C14H18N2O4S/c17-14(10-12-5-3-9-20-12)15-21(18,19)16-8-7-11-4-1-2-6-13(11)16/h1-2,4,6,12H,3,5,7-10H2,(H,15,17). The number of nitrogens with one attached hydrogen (secondary N) is 1. The third kappa shape index (κ3) is 3.03. The van der Waals surface area contributed by atoms with Crippen LogP contribution in [0.2, 0.25) is 0 Å². The van der Waals surface area contributed by atoms with Gasteiger partial charge < -0.3 is 4.74 Å². The molecule has 21 heavy (non-hydrogen) atoms. The maximum atomic E-state index is 12.3. The zero-order valence-electron chi connectivity index (χ0n) is 11.6. The molecule has 2 aliphatic heterocycles. The molecule has 0 saturated carbocycles. The van der Waals surface area contributed by atoms with E-state index in [1.165, 1.54) is 4.31 Å². The molecule has 0 bridgehead atoms. The Kier molecular flexibility index (Phi) is 3.86. The first-order chi connectivity index (χ1) is 10.1. The van der Waals surface area contributed by atoms with Crippen LogP contribution in [0.5, 0.6) is 0 Å². The zero-order chi connectivity index (χ0) is 14.9. The summed E-state index contributed by atoms with van der Waals surface area (Å²) in [5.41, 5.74) is 1.63. The number of nitrogens with zero attached hydrogens (tertiary/aromatic N) is 1. The van der Waals surface area contributed by atoms with Crippen molar-refractivity contribution in [1.29, 1.82) is 0 Å². The van der Waals surface area contributed by atoms with Gasteiger partial charge in [-0.15, -0.1) is 0 Å². The molecule has 0 aliphatic carbocycles. The number of ether oxygens (including phenoxy) is 1. The molecular formula is C14H18N2O4S. The Hall–Kier alpha value is -1.60. The second kappa shape index (κ2) is 5.65. The minimum atomic E-state index is -3.84. The highest BCUT2D eigenvalue weighted by atomic mass is 32.2. The molecule has 1 fully saturated rings. The Morgan fingerprint density at radius 1 is 1.38 bits per heavy atom. The van der Waals surface area contributed by atoms with E-state index in [1.54, 1.807) is 12.1 Å². The molecule has 1 aromatic rings. The van der Waals surface area contributed by atoms with Gasteiger partial charge in [-0.25, -0.2) is 4.72 Å². The molecule has 1 atom stereocenters. The summed E-state index contributed by atoms with van der Waals surface area (Å²) in [4.78, 5) is 11.9. The van der Waals surface area contributed by atoms with Crippen LogP contribution in [0.3, 0.4) is 0 Å². The van der Waals surface area contributed by atoms with Crippen molar-refractivity contribution in [1.82, 2.24) is 4.72 Å². The van der Waals surface area contributed by atoms with Crippen molar-refractivity contribution in [3.63, 3.8) is 0 Å². The molecule has 1 N–H and O–H groups in total. The van der Waals surface area contributed by atoms with E-state index in [0.29, 0.717) is 25.3 Å². The van der Waals surface area contributed by atoms with E-state index in [1.807, 2.05) is 12.1 Å². The first-order valence-corrected chi connectivity index (χ1v) is 8.53. The quantitative estimate of drug-likeness (QED) is 0.899. The van der Waals surface area contributed by atoms with Crippen LogP contribution >= 0.6 is 0 Å². The summed E-state index contributed by atoms with van der Waals surface area (Å²) in [7, 11) is -3.84. The number of carbonyl (C=O) groups is 1. The summed E-state index contributed by atoms with van der Waals surface area (Å²) in [6.07, 6.45) is 2.32. The number of anilines is 1. The van der Waals surface area contributed by atoms with E-state index in [-0.39, 0.29) is 12.5 Å². The number of benzene rings is 1. The molecule has 2 heterocycles. The lowest BCUT2D eigenvalue weighted by atomic mass is 10.2. The highest BCUT2D eigenvalue weighted by molar-refractivity contribution is 7.91. The highest BCUT2D eigenvalue weighted by Gasteiger charge is 2.31. The van der Waals surface area contributed by atoms with Crippen LogP contribution in [0.4, 0.5) is 5.69 Å². The number of hydrogen-bond acceptors (Lipinski definition) is 4. The molecule has 1 unspecified atom stereocenters. The minimum absolute atomic E-state index is 0.0920. The number of carbonyl (C=O) groups excluding carboxylic acids is 1.